The van der Waals surface area contributed by atoms with Crippen molar-refractivity contribution in [3.8, 4) is 5.69 Å². The van der Waals surface area contributed by atoms with Crippen LogP contribution in [0.15, 0.2) is 60.9 Å². The van der Waals surface area contributed by atoms with Crippen molar-refractivity contribution >= 4 is 17.9 Å². The van der Waals surface area contributed by atoms with E-state index in [0.717, 1.165) is 45.2 Å². The Morgan fingerprint density at radius 1 is 1.03 bits per heavy atom. The number of nitrogens with zero attached hydrogens (tertiary/aromatic N) is 3. The van der Waals surface area contributed by atoms with Gasteiger partial charge < -0.3 is 14.5 Å². The van der Waals surface area contributed by atoms with Gasteiger partial charge in [0.15, 0.2) is 11.4 Å². The number of hydrogen-bond donors (Lipinski definition) is 1. The number of rotatable bonds is 6. The first kappa shape index (κ1) is 19.8. The largest absolute Gasteiger partial charge is 0.378 e. The fourth-order valence-corrected chi connectivity index (χ4v) is 3.99. The molecule has 2 heterocycles. The summed E-state index contributed by atoms with van der Waals surface area (Å²) in [4.78, 5) is 3.68. The Morgan fingerprint density at radius 3 is 2.52 bits per heavy atom. The van der Waals surface area contributed by atoms with E-state index in [1.165, 1.54) is 28.3 Å². The lowest BCUT2D eigenvalue weighted by Gasteiger charge is -2.29. The van der Waals surface area contributed by atoms with Crippen LogP contribution in [0.5, 0.6) is 0 Å². The second kappa shape index (κ2) is 8.90. The lowest BCUT2D eigenvalue weighted by atomic mass is 10.2. The van der Waals surface area contributed by atoms with Gasteiger partial charge in [0.05, 0.1) is 25.9 Å². The molecule has 1 saturated heterocycles. The van der Waals surface area contributed by atoms with Crippen LogP contribution in [0.2, 0.25) is 0 Å². The predicted octanol–water partition coefficient (Wildman–Crippen LogP) is 2.66. The second-order valence-electron chi connectivity index (χ2n) is 7.46. The van der Waals surface area contributed by atoms with Crippen molar-refractivity contribution in [3.05, 3.63) is 77.1 Å². The van der Waals surface area contributed by atoms with Gasteiger partial charge in [0.25, 0.3) is 0 Å². The van der Waals surface area contributed by atoms with Gasteiger partial charge in [-0.3, -0.25) is 9.13 Å². The molecule has 152 valence electrons. The molecule has 0 bridgehead atoms. The van der Waals surface area contributed by atoms with Crippen LogP contribution in [0, 0.1) is 10.6 Å². The molecule has 29 heavy (non-hydrogen) atoms. The fraction of sp³-hybridized carbons (Fsp3) is 0.318. The number of quaternary nitrogens is 1. The normalized spacial score (nSPS) is 15.4. The van der Waals surface area contributed by atoms with Crippen molar-refractivity contribution in [3.63, 3.8) is 0 Å². The summed E-state index contributed by atoms with van der Waals surface area (Å²) in [6.07, 6.45) is 3.85. The molecule has 2 aromatic carbocycles. The SMILES string of the molecule is C[NH+](Cc1ccc(N2CCOCC2)cc1)Cn1ccn(-c2cccc(F)c2)c1=S. The second-order valence-corrected chi connectivity index (χ2v) is 7.82. The van der Waals surface area contributed by atoms with E-state index in [1.54, 1.807) is 6.07 Å². The number of morpholine rings is 1. The molecule has 1 atom stereocenters. The number of anilines is 1. The highest BCUT2D eigenvalue weighted by Crippen LogP contribution is 2.16. The van der Waals surface area contributed by atoms with Crippen molar-refractivity contribution in [1.82, 2.24) is 9.13 Å². The maximum Gasteiger partial charge on any atom is 0.188 e. The van der Waals surface area contributed by atoms with Crippen molar-refractivity contribution in [2.24, 2.45) is 0 Å². The minimum Gasteiger partial charge on any atom is -0.378 e. The summed E-state index contributed by atoms with van der Waals surface area (Å²) < 4.78 is 23.5. The molecule has 1 unspecified atom stereocenters. The fourth-order valence-electron chi connectivity index (χ4n) is 3.70. The lowest BCUT2D eigenvalue weighted by molar-refractivity contribution is -0.917. The van der Waals surface area contributed by atoms with E-state index in [-0.39, 0.29) is 5.82 Å². The van der Waals surface area contributed by atoms with Gasteiger partial charge in [-0.25, -0.2) is 4.39 Å². The molecule has 1 aromatic heterocycles. The molecule has 7 heteroatoms. The summed E-state index contributed by atoms with van der Waals surface area (Å²) in [5.74, 6) is -0.264. The molecule has 3 aromatic rings. The Bertz CT molecular complexity index is 1010. The van der Waals surface area contributed by atoms with Gasteiger partial charge in [0.1, 0.15) is 12.4 Å². The van der Waals surface area contributed by atoms with Crippen molar-refractivity contribution in [2.75, 3.05) is 38.3 Å². The molecule has 5 nitrogen and oxygen atoms in total. The molecule has 1 N–H and O–H groups in total. The van der Waals surface area contributed by atoms with Crippen LogP contribution in [0.1, 0.15) is 5.56 Å². The number of imidazole rings is 1. The Hall–Kier alpha value is -2.48. The van der Waals surface area contributed by atoms with Gasteiger partial charge in [-0.1, -0.05) is 18.2 Å². The first-order valence-electron chi connectivity index (χ1n) is 9.87. The van der Waals surface area contributed by atoms with Gasteiger partial charge in [-0.05, 0) is 42.5 Å². The molecular formula is C22H26FN4OS+. The maximum absolute atomic E-state index is 13.5. The van der Waals surface area contributed by atoms with Crippen LogP contribution in [-0.4, -0.2) is 42.5 Å². The number of aromatic nitrogens is 2. The number of benzene rings is 2. The number of halogens is 1. The highest BCUT2D eigenvalue weighted by atomic mass is 32.1. The first-order chi connectivity index (χ1) is 14.1. The first-order valence-corrected chi connectivity index (χ1v) is 10.3. The average molecular weight is 414 g/mol. The van der Waals surface area contributed by atoms with Crippen molar-refractivity contribution < 1.29 is 14.0 Å². The molecule has 1 aliphatic heterocycles. The van der Waals surface area contributed by atoms with E-state index >= 15 is 0 Å². The predicted molar refractivity (Wildman–Crippen MR) is 115 cm³/mol. The summed E-state index contributed by atoms with van der Waals surface area (Å²) in [5, 5.41) is 0. The summed E-state index contributed by atoms with van der Waals surface area (Å²) in [6, 6.07) is 15.3. The van der Waals surface area contributed by atoms with Crippen molar-refractivity contribution in [2.45, 2.75) is 13.2 Å². The van der Waals surface area contributed by atoms with E-state index in [1.807, 2.05) is 27.6 Å². The molecule has 0 spiro atoms. The quantitative estimate of drug-likeness (QED) is 0.630. The topological polar surface area (TPSA) is 26.8 Å². The Kier molecular flexibility index (Phi) is 6.08. The van der Waals surface area contributed by atoms with E-state index in [2.05, 4.69) is 36.2 Å². The van der Waals surface area contributed by atoms with Crippen LogP contribution in [0.4, 0.5) is 10.1 Å². The Balaban J connectivity index is 1.40. The van der Waals surface area contributed by atoms with E-state index < -0.39 is 0 Å². The smallest absolute Gasteiger partial charge is 0.188 e. The monoisotopic (exact) mass is 413 g/mol. The summed E-state index contributed by atoms with van der Waals surface area (Å²) in [6.45, 7) is 5.13. The number of nitrogens with one attached hydrogen (secondary N) is 1. The van der Waals surface area contributed by atoms with Crippen LogP contribution >= 0.6 is 12.2 Å². The Morgan fingerprint density at radius 2 is 1.79 bits per heavy atom. The number of hydrogen-bond acceptors (Lipinski definition) is 3. The molecule has 0 saturated carbocycles. The summed E-state index contributed by atoms with van der Waals surface area (Å²) in [5.41, 5.74) is 3.28. The third kappa shape index (κ3) is 4.75. The maximum atomic E-state index is 13.5. The van der Waals surface area contributed by atoms with Crippen LogP contribution in [0.25, 0.3) is 5.69 Å². The van der Waals surface area contributed by atoms with E-state index in [0.29, 0.717) is 4.77 Å². The van der Waals surface area contributed by atoms with Gasteiger partial charge in [0.2, 0.25) is 0 Å². The summed E-state index contributed by atoms with van der Waals surface area (Å²) >= 11 is 5.60. The minimum atomic E-state index is -0.264. The van der Waals surface area contributed by atoms with Gasteiger partial charge in [-0.15, -0.1) is 0 Å². The van der Waals surface area contributed by atoms with E-state index in [4.69, 9.17) is 17.0 Å². The van der Waals surface area contributed by atoms with Gasteiger partial charge in [0, 0.05) is 36.7 Å². The zero-order valence-corrected chi connectivity index (χ0v) is 17.4. The van der Waals surface area contributed by atoms with E-state index in [9.17, 15) is 4.39 Å². The standard InChI is InChI=1S/C22H25FN4OS/c1-24(16-18-5-7-20(8-6-18)25-11-13-28-14-12-25)17-26-9-10-27(22(26)29)21-4-2-3-19(23)15-21/h2-10,15H,11-14,16-17H2,1H3/p+1. The Labute approximate surface area is 175 Å². The van der Waals surface area contributed by atoms with Crippen LogP contribution in [0.3, 0.4) is 0 Å². The number of ether oxygens (including phenoxy) is 1. The minimum absolute atomic E-state index is 0.264. The third-order valence-electron chi connectivity index (χ3n) is 5.19. The highest BCUT2D eigenvalue weighted by molar-refractivity contribution is 7.71. The molecule has 1 fully saturated rings. The average Bonchev–Trinajstić information content (AvgIpc) is 3.09. The highest BCUT2D eigenvalue weighted by Gasteiger charge is 2.12. The third-order valence-corrected chi connectivity index (χ3v) is 5.62. The van der Waals surface area contributed by atoms with Crippen molar-refractivity contribution in [1.29, 1.82) is 0 Å². The molecule has 0 aliphatic carbocycles. The van der Waals surface area contributed by atoms with Gasteiger partial charge >= 0.3 is 0 Å². The van der Waals surface area contributed by atoms with Gasteiger partial charge in [-0.2, -0.15) is 0 Å². The van der Waals surface area contributed by atoms with Crippen LogP contribution in [-0.2, 0) is 18.0 Å². The molecule has 0 radical (unpaired) electrons. The molecule has 0 amide bonds. The molecular weight excluding hydrogens is 387 g/mol. The summed E-state index contributed by atoms with van der Waals surface area (Å²) in [7, 11) is 2.15. The zero-order chi connectivity index (χ0) is 20.2. The zero-order valence-electron chi connectivity index (χ0n) is 16.6. The molecule has 1 aliphatic rings. The molecule has 4 rings (SSSR count). The van der Waals surface area contributed by atoms with Crippen LogP contribution < -0.4 is 9.80 Å². The lowest BCUT2D eigenvalue weighted by Crippen LogP contribution is -3.06.